The zero-order chi connectivity index (χ0) is 26.6. The van der Waals surface area contributed by atoms with E-state index < -0.39 is 22.2 Å². The minimum atomic E-state index is -0.972. The van der Waals surface area contributed by atoms with Gasteiger partial charge in [0.2, 0.25) is 11.7 Å². The van der Waals surface area contributed by atoms with E-state index in [9.17, 15) is 10.1 Å². The van der Waals surface area contributed by atoms with E-state index in [1.165, 1.54) is 30.6 Å². The quantitative estimate of drug-likeness (QED) is 0.142. The Morgan fingerprint density at radius 3 is 2.66 bits per heavy atom. The zero-order valence-electron chi connectivity index (χ0n) is 19.7. The van der Waals surface area contributed by atoms with Crippen LogP contribution in [-0.4, -0.2) is 31.0 Å². The lowest BCUT2D eigenvalue weighted by atomic mass is 10.0. The SMILES string of the molecule is Cc1cccc(Oc2ccc(-c3c4n(c5ncnc(Cl)c35)CCN4c3cccc([N+](=O)[O-])c3F)cc2F)n1. The second kappa shape index (κ2) is 9.03. The maximum Gasteiger partial charge on any atom is 0.306 e. The first kappa shape index (κ1) is 23.7. The molecule has 190 valence electrons. The fraction of sp³-hybridized carbons (Fsp3) is 0.115. The number of halogens is 3. The summed E-state index contributed by atoms with van der Waals surface area (Å²) in [7, 11) is 0. The molecule has 0 unspecified atom stereocenters. The number of aryl methyl sites for hydroxylation is 1. The Hall–Kier alpha value is -4.64. The summed E-state index contributed by atoms with van der Waals surface area (Å²) in [6, 6.07) is 13.5. The van der Waals surface area contributed by atoms with Crippen LogP contribution in [0.4, 0.5) is 26.0 Å². The third-order valence-electron chi connectivity index (χ3n) is 6.31. The minimum Gasteiger partial charge on any atom is -0.436 e. The molecule has 0 amide bonds. The van der Waals surface area contributed by atoms with Crippen LogP contribution in [0.5, 0.6) is 11.6 Å². The molecule has 0 fully saturated rings. The predicted molar refractivity (Wildman–Crippen MR) is 137 cm³/mol. The first-order chi connectivity index (χ1) is 18.3. The van der Waals surface area contributed by atoms with Gasteiger partial charge < -0.3 is 14.2 Å². The average Bonchev–Trinajstić information content (AvgIpc) is 3.45. The van der Waals surface area contributed by atoms with Crippen LogP contribution < -0.4 is 9.64 Å². The van der Waals surface area contributed by atoms with E-state index in [0.717, 1.165) is 11.8 Å². The van der Waals surface area contributed by atoms with Crippen molar-refractivity contribution in [1.29, 1.82) is 0 Å². The van der Waals surface area contributed by atoms with Crippen LogP contribution in [0.2, 0.25) is 5.15 Å². The second-order valence-electron chi connectivity index (χ2n) is 8.60. The van der Waals surface area contributed by atoms with E-state index >= 15 is 8.78 Å². The van der Waals surface area contributed by atoms with Gasteiger partial charge >= 0.3 is 5.69 Å². The van der Waals surface area contributed by atoms with Gasteiger partial charge in [0, 0.05) is 36.5 Å². The summed E-state index contributed by atoms with van der Waals surface area (Å²) < 4.78 is 38.1. The van der Waals surface area contributed by atoms with Crippen molar-refractivity contribution in [1.82, 2.24) is 19.5 Å². The molecule has 0 N–H and O–H groups in total. The van der Waals surface area contributed by atoms with Crippen molar-refractivity contribution >= 4 is 39.8 Å². The van der Waals surface area contributed by atoms with Crippen LogP contribution in [0.3, 0.4) is 0 Å². The maximum atomic E-state index is 15.3. The molecule has 1 aliphatic rings. The highest BCUT2D eigenvalue weighted by Crippen LogP contribution is 2.48. The fourth-order valence-electron chi connectivity index (χ4n) is 4.71. The third kappa shape index (κ3) is 3.79. The molecular weight excluding hydrogens is 518 g/mol. The van der Waals surface area contributed by atoms with Gasteiger partial charge in [0.15, 0.2) is 11.6 Å². The van der Waals surface area contributed by atoms with Crippen LogP contribution in [-0.2, 0) is 6.54 Å². The van der Waals surface area contributed by atoms with Gasteiger partial charge in [-0.15, -0.1) is 0 Å². The van der Waals surface area contributed by atoms with Crippen molar-refractivity contribution in [3.8, 4) is 22.8 Å². The Kier molecular flexibility index (Phi) is 5.64. The van der Waals surface area contributed by atoms with E-state index in [0.29, 0.717) is 41.1 Å². The highest BCUT2D eigenvalue weighted by Gasteiger charge is 2.34. The highest BCUT2D eigenvalue weighted by atomic mass is 35.5. The number of hydrogen-bond donors (Lipinski definition) is 0. The van der Waals surface area contributed by atoms with Crippen LogP contribution in [0, 0.1) is 28.7 Å². The molecule has 4 heterocycles. The van der Waals surface area contributed by atoms with E-state index in [1.54, 1.807) is 36.1 Å². The van der Waals surface area contributed by atoms with Crippen LogP contribution in [0.1, 0.15) is 5.69 Å². The summed E-state index contributed by atoms with van der Waals surface area (Å²) in [5.41, 5.74) is 1.45. The summed E-state index contributed by atoms with van der Waals surface area (Å²) in [6.07, 6.45) is 1.31. The van der Waals surface area contributed by atoms with Crippen LogP contribution >= 0.6 is 11.6 Å². The lowest BCUT2D eigenvalue weighted by Gasteiger charge is -2.20. The number of nitrogens with zero attached hydrogens (tertiary/aromatic N) is 6. The summed E-state index contributed by atoms with van der Waals surface area (Å²) in [5.74, 6) is -0.945. The van der Waals surface area contributed by atoms with E-state index in [1.807, 2.05) is 4.57 Å². The number of nitro groups is 1. The molecule has 6 rings (SSSR count). The number of nitro benzene ring substituents is 1. The molecule has 12 heteroatoms. The molecule has 1 aliphatic heterocycles. The molecule has 0 bridgehead atoms. The first-order valence-electron chi connectivity index (χ1n) is 11.5. The Bertz CT molecular complexity index is 1760. The Morgan fingerprint density at radius 2 is 1.89 bits per heavy atom. The molecule has 0 saturated carbocycles. The number of anilines is 2. The molecule has 5 aromatic rings. The van der Waals surface area contributed by atoms with Crippen molar-refractivity contribution in [2.75, 3.05) is 11.4 Å². The molecule has 0 saturated heterocycles. The lowest BCUT2D eigenvalue weighted by molar-refractivity contribution is -0.387. The molecule has 3 aromatic heterocycles. The van der Waals surface area contributed by atoms with Gasteiger partial charge in [0.25, 0.3) is 0 Å². The second-order valence-corrected chi connectivity index (χ2v) is 8.95. The van der Waals surface area contributed by atoms with Crippen LogP contribution in [0.25, 0.3) is 22.2 Å². The van der Waals surface area contributed by atoms with Crippen molar-refractivity contribution in [3.05, 3.63) is 93.5 Å². The van der Waals surface area contributed by atoms with Crippen molar-refractivity contribution in [2.24, 2.45) is 0 Å². The normalized spacial score (nSPS) is 12.7. The number of benzene rings is 2. The molecule has 0 radical (unpaired) electrons. The molecule has 0 spiro atoms. The topological polar surface area (TPSA) is 99.2 Å². The monoisotopic (exact) mass is 534 g/mol. The van der Waals surface area contributed by atoms with Gasteiger partial charge in [0.1, 0.15) is 22.9 Å². The summed E-state index contributed by atoms with van der Waals surface area (Å²) in [5, 5.41) is 12.0. The largest absolute Gasteiger partial charge is 0.436 e. The van der Waals surface area contributed by atoms with E-state index in [-0.39, 0.29) is 22.5 Å². The molecule has 9 nitrogen and oxygen atoms in total. The van der Waals surface area contributed by atoms with Gasteiger partial charge in [-0.3, -0.25) is 10.1 Å². The van der Waals surface area contributed by atoms with Gasteiger partial charge in [-0.1, -0.05) is 29.8 Å². The number of pyridine rings is 1. The standard InChI is InChI=1S/C26H17ClF2N6O3/c1-14-4-2-7-20(32-14)38-19-9-8-15(12-16(19)28)21-22-24(27)30-13-31-25(22)34-11-10-33(26(21)34)17-5-3-6-18(23(17)29)35(36)37/h2-9,12-13H,10-11H2,1H3. The molecule has 0 aliphatic carbocycles. The highest BCUT2D eigenvalue weighted by molar-refractivity contribution is 6.35. The van der Waals surface area contributed by atoms with Gasteiger partial charge in [-0.2, -0.15) is 4.39 Å². The predicted octanol–water partition coefficient (Wildman–Crippen LogP) is 6.59. The van der Waals surface area contributed by atoms with Crippen molar-refractivity contribution < 1.29 is 18.4 Å². The average molecular weight is 535 g/mol. The minimum absolute atomic E-state index is 0.0111. The Balaban J connectivity index is 1.52. The maximum absolute atomic E-state index is 15.3. The number of ether oxygens (including phenoxy) is 1. The first-order valence-corrected chi connectivity index (χ1v) is 11.9. The third-order valence-corrected chi connectivity index (χ3v) is 6.60. The molecular formula is C26H17ClF2N6O3. The fourth-order valence-corrected chi connectivity index (χ4v) is 4.94. The van der Waals surface area contributed by atoms with Gasteiger partial charge in [-0.05, 0) is 36.8 Å². The number of hydrogen-bond acceptors (Lipinski definition) is 7. The lowest BCUT2D eigenvalue weighted by Crippen LogP contribution is -2.16. The smallest absolute Gasteiger partial charge is 0.306 e. The van der Waals surface area contributed by atoms with Crippen molar-refractivity contribution in [3.63, 3.8) is 0 Å². The molecule has 0 atom stereocenters. The van der Waals surface area contributed by atoms with Gasteiger partial charge in [0.05, 0.1) is 16.0 Å². The van der Waals surface area contributed by atoms with E-state index in [2.05, 4.69) is 15.0 Å². The summed E-state index contributed by atoms with van der Waals surface area (Å²) in [4.78, 5) is 24.9. The zero-order valence-corrected chi connectivity index (χ0v) is 20.5. The number of fused-ring (bicyclic) bond motifs is 3. The summed E-state index contributed by atoms with van der Waals surface area (Å²) >= 11 is 6.49. The molecule has 38 heavy (non-hydrogen) atoms. The number of rotatable bonds is 5. The number of aromatic nitrogens is 4. The Labute approximate surface area is 219 Å². The Morgan fingerprint density at radius 1 is 1.08 bits per heavy atom. The van der Waals surface area contributed by atoms with Crippen molar-refractivity contribution in [2.45, 2.75) is 13.5 Å². The van der Waals surface area contributed by atoms with Gasteiger partial charge in [-0.25, -0.2) is 19.3 Å². The van der Waals surface area contributed by atoms with Crippen LogP contribution in [0.15, 0.2) is 60.9 Å². The van der Waals surface area contributed by atoms with E-state index in [4.69, 9.17) is 16.3 Å². The summed E-state index contributed by atoms with van der Waals surface area (Å²) in [6.45, 7) is 2.50. The molecule has 2 aromatic carbocycles.